The molecule has 6 aromatic carbocycles. The number of fused-ring (bicyclic) bond motifs is 9. The average molecular weight is 500 g/mol. The Morgan fingerprint density at radius 3 is 1.69 bits per heavy atom. The van der Waals surface area contributed by atoms with Gasteiger partial charge in [0.1, 0.15) is 22.3 Å². The van der Waals surface area contributed by atoms with Crippen LogP contribution in [0.15, 0.2) is 136 Å². The summed E-state index contributed by atoms with van der Waals surface area (Å²) in [7, 11) is 0. The molecule has 0 atom stereocenters. The molecule has 182 valence electrons. The second-order valence-corrected chi connectivity index (χ2v) is 10.2. The van der Waals surface area contributed by atoms with Crippen LogP contribution in [0.2, 0.25) is 0 Å². The summed E-state index contributed by atoms with van der Waals surface area (Å²) in [5.41, 5.74) is 9.34. The van der Waals surface area contributed by atoms with E-state index >= 15 is 0 Å². The number of hydrogen-bond acceptors (Lipinski definition) is 2. The number of para-hydroxylation sites is 3. The summed E-state index contributed by atoms with van der Waals surface area (Å²) in [4.78, 5) is 0. The summed E-state index contributed by atoms with van der Waals surface area (Å²) < 4.78 is 14.8. The fraction of sp³-hybridized carbons (Fsp3) is 0. The van der Waals surface area contributed by atoms with E-state index in [4.69, 9.17) is 8.83 Å². The molecule has 9 rings (SSSR count). The van der Waals surface area contributed by atoms with Crippen LogP contribution in [-0.2, 0) is 0 Å². The summed E-state index contributed by atoms with van der Waals surface area (Å²) in [5, 5.41) is 7.02. The zero-order chi connectivity index (χ0) is 25.5. The van der Waals surface area contributed by atoms with E-state index in [2.05, 4.69) is 120 Å². The van der Waals surface area contributed by atoms with E-state index in [1.54, 1.807) is 0 Å². The minimum absolute atomic E-state index is 0.887. The van der Waals surface area contributed by atoms with E-state index in [1.807, 2.05) is 12.1 Å². The van der Waals surface area contributed by atoms with Gasteiger partial charge in [-0.2, -0.15) is 0 Å². The van der Waals surface area contributed by atoms with Gasteiger partial charge in [-0.15, -0.1) is 0 Å². The molecule has 3 aromatic heterocycles. The number of furan rings is 2. The first-order chi connectivity index (χ1) is 19.3. The molecule has 39 heavy (non-hydrogen) atoms. The van der Waals surface area contributed by atoms with Gasteiger partial charge in [0.2, 0.25) is 0 Å². The zero-order valence-electron chi connectivity index (χ0n) is 20.9. The van der Waals surface area contributed by atoms with Gasteiger partial charge >= 0.3 is 0 Å². The van der Waals surface area contributed by atoms with Gasteiger partial charge in [0, 0.05) is 44.1 Å². The van der Waals surface area contributed by atoms with E-state index in [1.165, 1.54) is 21.8 Å². The summed E-state index contributed by atoms with van der Waals surface area (Å²) in [6, 6.07) is 44.8. The van der Waals surface area contributed by atoms with Gasteiger partial charge < -0.3 is 13.4 Å². The maximum absolute atomic E-state index is 6.49. The minimum atomic E-state index is 0.887. The van der Waals surface area contributed by atoms with Crippen LogP contribution in [0, 0.1) is 0 Å². The first-order valence-electron chi connectivity index (χ1n) is 13.2. The van der Waals surface area contributed by atoms with Gasteiger partial charge in [-0.3, -0.25) is 0 Å². The fourth-order valence-corrected chi connectivity index (χ4v) is 6.19. The Kier molecular flexibility index (Phi) is 4.05. The van der Waals surface area contributed by atoms with Crippen LogP contribution in [0.1, 0.15) is 0 Å². The molecule has 0 saturated carbocycles. The van der Waals surface area contributed by atoms with Crippen molar-refractivity contribution < 1.29 is 8.83 Å². The van der Waals surface area contributed by atoms with E-state index in [-0.39, 0.29) is 0 Å². The van der Waals surface area contributed by atoms with Crippen molar-refractivity contribution in [3.05, 3.63) is 127 Å². The Labute approximate surface area is 223 Å². The van der Waals surface area contributed by atoms with E-state index < -0.39 is 0 Å². The highest BCUT2D eigenvalue weighted by Crippen LogP contribution is 2.37. The molecule has 0 aliphatic carbocycles. The van der Waals surface area contributed by atoms with Crippen LogP contribution < -0.4 is 0 Å². The zero-order valence-corrected chi connectivity index (χ0v) is 20.9. The molecule has 0 bridgehead atoms. The van der Waals surface area contributed by atoms with Crippen molar-refractivity contribution in [3.63, 3.8) is 0 Å². The van der Waals surface area contributed by atoms with Gasteiger partial charge in [-0.05, 0) is 65.7 Å². The second-order valence-electron chi connectivity index (χ2n) is 10.2. The van der Waals surface area contributed by atoms with Crippen LogP contribution in [0.5, 0.6) is 0 Å². The normalized spacial score (nSPS) is 12.1. The fourth-order valence-electron chi connectivity index (χ4n) is 6.19. The van der Waals surface area contributed by atoms with Gasteiger partial charge in [0.05, 0.1) is 11.0 Å². The summed E-state index contributed by atoms with van der Waals surface area (Å²) in [5.74, 6) is 0. The highest BCUT2D eigenvalue weighted by molar-refractivity contribution is 6.11. The molecule has 0 N–H and O–H groups in total. The highest BCUT2D eigenvalue weighted by Gasteiger charge is 2.15. The van der Waals surface area contributed by atoms with Crippen molar-refractivity contribution in [2.45, 2.75) is 0 Å². The van der Waals surface area contributed by atoms with Gasteiger partial charge in [-0.25, -0.2) is 0 Å². The third kappa shape index (κ3) is 2.93. The van der Waals surface area contributed by atoms with Crippen molar-refractivity contribution in [3.8, 4) is 16.8 Å². The quantitative estimate of drug-likeness (QED) is 0.237. The van der Waals surface area contributed by atoms with Crippen molar-refractivity contribution in [2.75, 3.05) is 0 Å². The predicted octanol–water partition coefficient (Wildman–Crippen LogP) is 10.2. The van der Waals surface area contributed by atoms with Crippen LogP contribution in [-0.4, -0.2) is 4.57 Å². The van der Waals surface area contributed by atoms with Gasteiger partial charge in [-0.1, -0.05) is 66.7 Å². The van der Waals surface area contributed by atoms with Gasteiger partial charge in [0.25, 0.3) is 0 Å². The maximum Gasteiger partial charge on any atom is 0.137 e. The molecule has 0 fully saturated rings. The minimum Gasteiger partial charge on any atom is -0.456 e. The van der Waals surface area contributed by atoms with Crippen LogP contribution in [0.4, 0.5) is 0 Å². The van der Waals surface area contributed by atoms with Gasteiger partial charge in [0.15, 0.2) is 0 Å². The van der Waals surface area contributed by atoms with Crippen LogP contribution >= 0.6 is 0 Å². The number of hydrogen-bond donors (Lipinski definition) is 0. The third-order valence-corrected chi connectivity index (χ3v) is 8.01. The molecule has 0 saturated heterocycles. The molecule has 0 aliphatic rings. The van der Waals surface area contributed by atoms with Crippen molar-refractivity contribution in [1.29, 1.82) is 0 Å². The Morgan fingerprint density at radius 2 is 0.897 bits per heavy atom. The molecular formula is C36H21NO2. The lowest BCUT2D eigenvalue weighted by molar-refractivity contribution is 0.669. The highest BCUT2D eigenvalue weighted by atomic mass is 16.3. The Morgan fingerprint density at radius 1 is 0.359 bits per heavy atom. The molecule has 0 amide bonds. The van der Waals surface area contributed by atoms with Crippen LogP contribution in [0.25, 0.3) is 82.5 Å². The Balaban J connectivity index is 1.21. The third-order valence-electron chi connectivity index (χ3n) is 8.01. The summed E-state index contributed by atoms with van der Waals surface area (Å²) >= 11 is 0. The molecule has 0 radical (unpaired) electrons. The Hall–Kier alpha value is -5.28. The van der Waals surface area contributed by atoms with Crippen molar-refractivity contribution in [2.24, 2.45) is 0 Å². The molecule has 0 spiro atoms. The van der Waals surface area contributed by atoms with E-state index in [9.17, 15) is 0 Å². The average Bonchev–Trinajstić information content (AvgIpc) is 3.65. The summed E-state index contributed by atoms with van der Waals surface area (Å²) in [6.07, 6.45) is 0. The first kappa shape index (κ1) is 20.7. The lowest BCUT2D eigenvalue weighted by atomic mass is 10.0. The Bertz CT molecular complexity index is 2350. The number of nitrogens with zero attached hydrogens (tertiary/aromatic N) is 1. The largest absolute Gasteiger partial charge is 0.456 e. The number of aromatic nitrogens is 1. The molecular weight excluding hydrogens is 478 g/mol. The molecule has 3 heteroatoms. The standard InChI is InChI=1S/C36H21NO2/c1-4-10-31-25(7-1)26-8-2-5-11-32(26)37(31)24-15-17-29-28-16-13-23(20-35(28)39-36(29)21-24)22-14-18-34-30(19-22)27-9-3-6-12-33(27)38-34/h1-21H. The second kappa shape index (κ2) is 7.62. The molecule has 9 aromatic rings. The maximum atomic E-state index is 6.49. The lowest BCUT2D eigenvalue weighted by Crippen LogP contribution is -1.93. The number of rotatable bonds is 2. The monoisotopic (exact) mass is 499 g/mol. The molecule has 3 nitrogen and oxygen atoms in total. The van der Waals surface area contributed by atoms with E-state index in [0.29, 0.717) is 0 Å². The summed E-state index contributed by atoms with van der Waals surface area (Å²) in [6.45, 7) is 0. The topological polar surface area (TPSA) is 31.2 Å². The molecule has 3 heterocycles. The number of benzene rings is 6. The molecule has 0 aliphatic heterocycles. The predicted molar refractivity (Wildman–Crippen MR) is 161 cm³/mol. The smallest absolute Gasteiger partial charge is 0.137 e. The van der Waals surface area contributed by atoms with Crippen molar-refractivity contribution in [1.82, 2.24) is 4.57 Å². The van der Waals surface area contributed by atoms with Crippen molar-refractivity contribution >= 4 is 65.7 Å². The first-order valence-corrected chi connectivity index (χ1v) is 13.2. The van der Waals surface area contributed by atoms with Crippen LogP contribution in [0.3, 0.4) is 0 Å². The lowest BCUT2D eigenvalue weighted by Gasteiger charge is -2.07. The molecule has 0 unspecified atom stereocenters. The SMILES string of the molecule is c1ccc2c(c1)oc1ccc(-c3ccc4c(c3)oc3cc(-n5c6ccccc6c6ccccc65)ccc34)cc12. The van der Waals surface area contributed by atoms with E-state index in [0.717, 1.165) is 60.7 Å².